The van der Waals surface area contributed by atoms with Crippen LogP contribution in [0.4, 0.5) is 0 Å². The second kappa shape index (κ2) is 5.08. The Bertz CT molecular complexity index is 724. The van der Waals surface area contributed by atoms with Gasteiger partial charge in [0.1, 0.15) is 15.9 Å². The second-order valence-electron chi connectivity index (χ2n) is 4.85. The summed E-state index contributed by atoms with van der Waals surface area (Å²) < 4.78 is 5.72. The van der Waals surface area contributed by atoms with Crippen LogP contribution in [0, 0.1) is 0 Å². The molecule has 0 amide bonds. The number of hydrogen-bond acceptors (Lipinski definition) is 3. The lowest BCUT2D eigenvalue weighted by atomic mass is 10.1. The molecule has 0 spiro atoms. The van der Waals surface area contributed by atoms with Crippen molar-refractivity contribution in [2.45, 2.75) is 19.8 Å². The Morgan fingerprint density at radius 3 is 2.30 bits per heavy atom. The molecule has 0 aliphatic heterocycles. The Morgan fingerprint density at radius 2 is 1.70 bits per heavy atom. The quantitative estimate of drug-likeness (QED) is 0.601. The molecule has 0 unspecified atom stereocenters. The topological polar surface area (TPSA) is 38.9 Å². The Morgan fingerprint density at radius 1 is 1.05 bits per heavy atom. The highest BCUT2D eigenvalue weighted by Gasteiger charge is 2.17. The summed E-state index contributed by atoms with van der Waals surface area (Å²) in [7, 11) is 0. The highest BCUT2D eigenvalue weighted by Crippen LogP contribution is 2.32. The van der Waals surface area contributed by atoms with Crippen LogP contribution in [0.5, 0.6) is 0 Å². The lowest BCUT2D eigenvalue weighted by Crippen LogP contribution is -1.98. The van der Waals surface area contributed by atoms with Gasteiger partial charge in [0, 0.05) is 10.9 Å². The fourth-order valence-corrected chi connectivity index (χ4v) is 2.92. The zero-order chi connectivity index (χ0) is 14.3. The third-order valence-corrected chi connectivity index (χ3v) is 3.65. The molecule has 5 heteroatoms. The molecule has 0 bridgehead atoms. The molecular weight excluding hydrogens is 295 g/mol. The molecule has 3 aromatic rings. The summed E-state index contributed by atoms with van der Waals surface area (Å²) in [6.07, 6.45) is 0. The summed E-state index contributed by atoms with van der Waals surface area (Å²) >= 11 is 12.4. The van der Waals surface area contributed by atoms with Gasteiger partial charge in [0.15, 0.2) is 11.6 Å². The van der Waals surface area contributed by atoms with Gasteiger partial charge in [-0.2, -0.15) is 0 Å². The minimum Gasteiger partial charge on any atom is -0.453 e. The number of benzene rings is 1. The minimum atomic E-state index is 0.166. The molecule has 0 saturated heterocycles. The zero-order valence-corrected chi connectivity index (χ0v) is 12.5. The molecule has 0 saturated carbocycles. The molecular formula is C15H12Cl2N2O. The first kappa shape index (κ1) is 13.4. The number of aromatic nitrogens is 2. The number of fused-ring (bicyclic) bond motifs is 1. The van der Waals surface area contributed by atoms with E-state index in [4.69, 9.17) is 27.6 Å². The van der Waals surface area contributed by atoms with Crippen molar-refractivity contribution in [2.24, 2.45) is 0 Å². The third-order valence-electron chi connectivity index (χ3n) is 3.08. The lowest BCUT2D eigenvalue weighted by molar-refractivity contribution is 0.624. The van der Waals surface area contributed by atoms with E-state index in [-0.39, 0.29) is 5.92 Å². The van der Waals surface area contributed by atoms with E-state index in [0.717, 1.165) is 16.5 Å². The predicted molar refractivity (Wildman–Crippen MR) is 81.3 cm³/mol. The van der Waals surface area contributed by atoms with Crippen molar-refractivity contribution >= 4 is 34.2 Å². The first-order chi connectivity index (χ1) is 9.56. The molecule has 0 aliphatic rings. The summed E-state index contributed by atoms with van der Waals surface area (Å²) in [5.41, 5.74) is 1.54. The van der Waals surface area contributed by atoms with Gasteiger partial charge in [-0.05, 0) is 18.1 Å². The molecule has 0 atom stereocenters. The lowest BCUT2D eigenvalue weighted by Gasteiger charge is -2.09. The van der Waals surface area contributed by atoms with E-state index in [1.807, 2.05) is 44.2 Å². The summed E-state index contributed by atoms with van der Waals surface area (Å²) in [5, 5.41) is 1.73. The predicted octanol–water partition coefficient (Wildman–Crippen LogP) is 5.32. The van der Waals surface area contributed by atoms with Gasteiger partial charge >= 0.3 is 0 Å². The Hall–Kier alpha value is -1.58. The third kappa shape index (κ3) is 2.28. The van der Waals surface area contributed by atoms with Crippen molar-refractivity contribution in [3.63, 3.8) is 0 Å². The van der Waals surface area contributed by atoms with Crippen LogP contribution in [0.2, 0.25) is 10.3 Å². The molecule has 0 radical (unpaired) electrons. The molecule has 1 aromatic carbocycles. The number of nitrogens with zero attached hydrogens (tertiary/aromatic N) is 2. The Kier molecular flexibility index (Phi) is 3.40. The van der Waals surface area contributed by atoms with Crippen LogP contribution in [-0.2, 0) is 0 Å². The molecule has 20 heavy (non-hydrogen) atoms. The maximum atomic E-state index is 6.20. The van der Waals surface area contributed by atoms with E-state index in [0.29, 0.717) is 21.9 Å². The van der Waals surface area contributed by atoms with Gasteiger partial charge in [-0.3, -0.25) is 0 Å². The molecule has 102 valence electrons. The molecule has 2 aromatic heterocycles. The molecule has 3 rings (SSSR count). The van der Waals surface area contributed by atoms with Gasteiger partial charge in [-0.15, -0.1) is 0 Å². The van der Waals surface area contributed by atoms with Crippen LogP contribution in [0.3, 0.4) is 0 Å². The summed E-state index contributed by atoms with van der Waals surface area (Å²) in [6, 6.07) is 9.60. The monoisotopic (exact) mass is 306 g/mol. The van der Waals surface area contributed by atoms with Gasteiger partial charge in [0.05, 0.1) is 0 Å². The number of para-hydroxylation sites is 1. The van der Waals surface area contributed by atoms with Gasteiger partial charge in [0.25, 0.3) is 0 Å². The van der Waals surface area contributed by atoms with E-state index >= 15 is 0 Å². The first-order valence-electron chi connectivity index (χ1n) is 6.28. The van der Waals surface area contributed by atoms with Crippen LogP contribution in [0.1, 0.15) is 25.3 Å². The molecule has 3 nitrogen and oxygen atoms in total. The van der Waals surface area contributed by atoms with Crippen LogP contribution in [0.25, 0.3) is 22.6 Å². The van der Waals surface area contributed by atoms with Crippen LogP contribution < -0.4 is 0 Å². The standard InChI is InChI=1S/C15H12Cl2N2O/c1-8(2)12-13(16)18-15(19-14(12)17)11-7-9-5-3-4-6-10(9)20-11/h3-8H,1-2H3. The average Bonchev–Trinajstić information content (AvgIpc) is 2.81. The first-order valence-corrected chi connectivity index (χ1v) is 7.03. The van der Waals surface area contributed by atoms with Crippen LogP contribution in [0.15, 0.2) is 34.7 Å². The smallest absolute Gasteiger partial charge is 0.198 e. The van der Waals surface area contributed by atoms with Gasteiger partial charge < -0.3 is 4.42 Å². The highest BCUT2D eigenvalue weighted by molar-refractivity contribution is 6.34. The van der Waals surface area contributed by atoms with Crippen molar-refractivity contribution in [2.75, 3.05) is 0 Å². The Labute approximate surface area is 126 Å². The van der Waals surface area contributed by atoms with E-state index in [2.05, 4.69) is 9.97 Å². The van der Waals surface area contributed by atoms with Crippen molar-refractivity contribution in [3.8, 4) is 11.6 Å². The maximum absolute atomic E-state index is 6.20. The minimum absolute atomic E-state index is 0.166. The molecule has 0 aliphatic carbocycles. The van der Waals surface area contributed by atoms with Gasteiger partial charge in [-0.1, -0.05) is 55.2 Å². The van der Waals surface area contributed by atoms with Crippen molar-refractivity contribution < 1.29 is 4.42 Å². The van der Waals surface area contributed by atoms with Crippen LogP contribution in [-0.4, -0.2) is 9.97 Å². The second-order valence-corrected chi connectivity index (χ2v) is 5.56. The van der Waals surface area contributed by atoms with Gasteiger partial charge in [0.2, 0.25) is 0 Å². The Balaban J connectivity index is 2.15. The zero-order valence-electron chi connectivity index (χ0n) is 11.0. The highest BCUT2D eigenvalue weighted by atomic mass is 35.5. The van der Waals surface area contributed by atoms with E-state index in [1.165, 1.54) is 0 Å². The fraction of sp³-hybridized carbons (Fsp3) is 0.200. The summed E-state index contributed by atoms with van der Waals surface area (Å²) in [4.78, 5) is 8.59. The van der Waals surface area contributed by atoms with Gasteiger partial charge in [-0.25, -0.2) is 9.97 Å². The van der Waals surface area contributed by atoms with Crippen molar-refractivity contribution in [3.05, 3.63) is 46.2 Å². The SMILES string of the molecule is CC(C)c1c(Cl)nc(-c2cc3ccccc3o2)nc1Cl. The van der Waals surface area contributed by atoms with Crippen molar-refractivity contribution in [1.82, 2.24) is 9.97 Å². The average molecular weight is 307 g/mol. The molecule has 0 fully saturated rings. The van der Waals surface area contributed by atoms with E-state index in [9.17, 15) is 0 Å². The number of halogens is 2. The largest absolute Gasteiger partial charge is 0.453 e. The fourth-order valence-electron chi connectivity index (χ4n) is 2.10. The summed E-state index contributed by atoms with van der Waals surface area (Å²) in [5.74, 6) is 1.13. The molecule has 0 N–H and O–H groups in total. The van der Waals surface area contributed by atoms with Crippen molar-refractivity contribution in [1.29, 1.82) is 0 Å². The number of furan rings is 1. The van der Waals surface area contributed by atoms with E-state index in [1.54, 1.807) is 0 Å². The number of rotatable bonds is 2. The number of hydrogen-bond donors (Lipinski definition) is 0. The maximum Gasteiger partial charge on any atom is 0.198 e. The van der Waals surface area contributed by atoms with Crippen LogP contribution >= 0.6 is 23.2 Å². The van der Waals surface area contributed by atoms with E-state index < -0.39 is 0 Å². The molecule has 2 heterocycles. The summed E-state index contributed by atoms with van der Waals surface area (Å²) in [6.45, 7) is 3.99. The normalized spacial score (nSPS) is 11.4.